The smallest absolute Gasteiger partial charge is 0.323 e. The van der Waals surface area contributed by atoms with Gasteiger partial charge >= 0.3 is 6.03 Å². The Morgan fingerprint density at radius 3 is 2.78 bits per heavy atom. The third kappa shape index (κ3) is 2.21. The summed E-state index contributed by atoms with van der Waals surface area (Å²) >= 11 is 1.26. The molecule has 1 aromatic rings. The normalized spacial score (nSPS) is 26.4. The van der Waals surface area contributed by atoms with Crippen molar-refractivity contribution in [1.29, 1.82) is 0 Å². The number of aryl methyl sites for hydroxylation is 1. The molecule has 98 valence electrons. The standard InChI is InChI=1S/C12H18N4OS/c1-2-10-13-11(18-15-10)14-12(17)16-6-8-4-3-5-9(8)7-16/h8-9H,2-7H2,1H3,(H,13,14,15,17)/t8-,9+. The summed E-state index contributed by atoms with van der Waals surface area (Å²) in [7, 11) is 0. The van der Waals surface area contributed by atoms with E-state index >= 15 is 0 Å². The summed E-state index contributed by atoms with van der Waals surface area (Å²) < 4.78 is 4.17. The molecule has 2 atom stereocenters. The van der Waals surface area contributed by atoms with Crippen molar-refractivity contribution in [1.82, 2.24) is 14.3 Å². The van der Waals surface area contributed by atoms with Gasteiger partial charge in [-0.2, -0.15) is 4.37 Å². The molecule has 6 heteroatoms. The van der Waals surface area contributed by atoms with Crippen LogP contribution in [0.5, 0.6) is 0 Å². The molecule has 18 heavy (non-hydrogen) atoms. The SMILES string of the molecule is CCc1nsc(NC(=O)N2C[C@H]3CCC[C@H]3C2)n1. The number of amides is 2. The average molecular weight is 266 g/mol. The van der Waals surface area contributed by atoms with Gasteiger partial charge in [0.1, 0.15) is 5.82 Å². The van der Waals surface area contributed by atoms with Crippen molar-refractivity contribution in [2.24, 2.45) is 11.8 Å². The van der Waals surface area contributed by atoms with E-state index in [0.29, 0.717) is 5.13 Å². The monoisotopic (exact) mass is 266 g/mol. The highest BCUT2D eigenvalue weighted by Gasteiger charge is 2.38. The zero-order valence-corrected chi connectivity index (χ0v) is 11.4. The van der Waals surface area contributed by atoms with Gasteiger partial charge < -0.3 is 4.90 Å². The first-order valence-corrected chi connectivity index (χ1v) is 7.42. The van der Waals surface area contributed by atoms with Crippen molar-refractivity contribution in [3.63, 3.8) is 0 Å². The van der Waals surface area contributed by atoms with E-state index in [-0.39, 0.29) is 6.03 Å². The lowest BCUT2D eigenvalue weighted by molar-refractivity contribution is 0.219. The maximum atomic E-state index is 12.1. The number of carbonyl (C=O) groups excluding carboxylic acids is 1. The fourth-order valence-electron chi connectivity index (χ4n) is 3.02. The summed E-state index contributed by atoms with van der Waals surface area (Å²) in [5.74, 6) is 2.27. The summed E-state index contributed by atoms with van der Waals surface area (Å²) in [6, 6.07) is -0.0109. The molecule has 2 heterocycles. The lowest BCUT2D eigenvalue weighted by Gasteiger charge is -2.16. The molecular formula is C12H18N4OS. The van der Waals surface area contributed by atoms with Gasteiger partial charge in [0.15, 0.2) is 0 Å². The number of rotatable bonds is 2. The largest absolute Gasteiger partial charge is 0.324 e. The van der Waals surface area contributed by atoms with Gasteiger partial charge in [-0.05, 0) is 24.7 Å². The van der Waals surface area contributed by atoms with Crippen molar-refractivity contribution in [3.8, 4) is 0 Å². The molecule has 1 aliphatic heterocycles. The van der Waals surface area contributed by atoms with Crippen LogP contribution in [0.1, 0.15) is 32.0 Å². The Balaban J connectivity index is 1.58. The number of aromatic nitrogens is 2. The average Bonchev–Trinajstić information content (AvgIpc) is 3.02. The van der Waals surface area contributed by atoms with Gasteiger partial charge in [-0.3, -0.25) is 5.32 Å². The van der Waals surface area contributed by atoms with Crippen LogP contribution in [0, 0.1) is 11.8 Å². The van der Waals surface area contributed by atoms with Crippen LogP contribution in [0.15, 0.2) is 0 Å². The Morgan fingerprint density at radius 1 is 1.44 bits per heavy atom. The van der Waals surface area contributed by atoms with Crippen molar-refractivity contribution in [2.45, 2.75) is 32.6 Å². The molecule has 1 aliphatic carbocycles. The van der Waals surface area contributed by atoms with Crippen molar-refractivity contribution in [2.75, 3.05) is 18.4 Å². The number of anilines is 1. The maximum absolute atomic E-state index is 12.1. The van der Waals surface area contributed by atoms with Crippen molar-refractivity contribution in [3.05, 3.63) is 5.82 Å². The molecule has 1 saturated heterocycles. The molecule has 2 aliphatic rings. The summed E-state index contributed by atoms with van der Waals surface area (Å²) in [6.45, 7) is 3.83. The van der Waals surface area contributed by atoms with Crippen LogP contribution in [0.2, 0.25) is 0 Å². The van der Waals surface area contributed by atoms with E-state index < -0.39 is 0 Å². The van der Waals surface area contributed by atoms with Crippen LogP contribution >= 0.6 is 11.5 Å². The van der Waals surface area contributed by atoms with E-state index in [9.17, 15) is 4.79 Å². The third-order valence-corrected chi connectivity index (χ3v) is 4.68. The number of carbonyl (C=O) groups is 1. The predicted octanol–water partition coefficient (Wildman–Crippen LogP) is 2.36. The van der Waals surface area contributed by atoms with Crippen LogP contribution < -0.4 is 5.32 Å². The summed E-state index contributed by atoms with van der Waals surface area (Å²) in [6.07, 6.45) is 4.71. The Kier molecular flexibility index (Phi) is 3.20. The van der Waals surface area contributed by atoms with Crippen LogP contribution in [0.25, 0.3) is 0 Å². The molecule has 2 amide bonds. The second kappa shape index (κ2) is 4.84. The first-order valence-electron chi connectivity index (χ1n) is 6.64. The molecule has 0 bridgehead atoms. The third-order valence-electron chi connectivity index (χ3n) is 4.01. The molecule has 1 saturated carbocycles. The number of likely N-dealkylation sites (tertiary alicyclic amines) is 1. The van der Waals surface area contributed by atoms with Gasteiger partial charge in [0, 0.05) is 31.0 Å². The highest BCUT2D eigenvalue weighted by molar-refractivity contribution is 7.09. The second-order valence-electron chi connectivity index (χ2n) is 5.16. The Labute approximate surface area is 111 Å². The molecule has 1 N–H and O–H groups in total. The fourth-order valence-corrected chi connectivity index (χ4v) is 3.66. The first-order chi connectivity index (χ1) is 8.76. The number of fused-ring (bicyclic) bond motifs is 1. The minimum atomic E-state index is -0.0109. The molecule has 2 fully saturated rings. The second-order valence-corrected chi connectivity index (χ2v) is 5.91. The maximum Gasteiger partial charge on any atom is 0.323 e. The van der Waals surface area contributed by atoms with Gasteiger partial charge in [-0.1, -0.05) is 13.3 Å². The Hall–Kier alpha value is -1.17. The van der Waals surface area contributed by atoms with Crippen LogP contribution in [-0.4, -0.2) is 33.4 Å². The summed E-state index contributed by atoms with van der Waals surface area (Å²) in [5.41, 5.74) is 0. The number of nitrogens with one attached hydrogen (secondary N) is 1. The lowest BCUT2D eigenvalue weighted by Crippen LogP contribution is -2.33. The highest BCUT2D eigenvalue weighted by atomic mass is 32.1. The van der Waals surface area contributed by atoms with Crippen LogP contribution in [-0.2, 0) is 6.42 Å². The van der Waals surface area contributed by atoms with E-state index in [1.807, 2.05) is 11.8 Å². The first kappa shape index (κ1) is 11.9. The van der Waals surface area contributed by atoms with E-state index in [0.717, 1.165) is 37.2 Å². The molecule has 1 aromatic heterocycles. The zero-order chi connectivity index (χ0) is 12.5. The molecule has 5 nitrogen and oxygen atoms in total. The lowest BCUT2D eigenvalue weighted by atomic mass is 10.0. The molecule has 0 radical (unpaired) electrons. The number of hydrogen-bond donors (Lipinski definition) is 1. The Morgan fingerprint density at radius 2 is 2.17 bits per heavy atom. The van der Waals surface area contributed by atoms with Gasteiger partial charge in [-0.15, -0.1) is 0 Å². The minimum Gasteiger partial charge on any atom is -0.324 e. The molecular weight excluding hydrogens is 248 g/mol. The van der Waals surface area contributed by atoms with E-state index in [4.69, 9.17) is 0 Å². The van der Waals surface area contributed by atoms with E-state index in [1.165, 1.54) is 30.8 Å². The van der Waals surface area contributed by atoms with Gasteiger partial charge in [0.2, 0.25) is 5.13 Å². The van der Waals surface area contributed by atoms with Gasteiger partial charge in [-0.25, -0.2) is 9.78 Å². The molecule has 0 aromatic carbocycles. The van der Waals surface area contributed by atoms with Gasteiger partial charge in [0.25, 0.3) is 0 Å². The van der Waals surface area contributed by atoms with E-state index in [2.05, 4.69) is 14.7 Å². The van der Waals surface area contributed by atoms with Crippen molar-refractivity contribution < 1.29 is 4.79 Å². The zero-order valence-electron chi connectivity index (χ0n) is 10.6. The fraction of sp³-hybridized carbons (Fsp3) is 0.750. The predicted molar refractivity (Wildman–Crippen MR) is 70.7 cm³/mol. The quantitative estimate of drug-likeness (QED) is 0.894. The summed E-state index contributed by atoms with van der Waals surface area (Å²) in [4.78, 5) is 18.3. The van der Waals surface area contributed by atoms with Crippen LogP contribution in [0.3, 0.4) is 0 Å². The molecule has 0 spiro atoms. The molecule has 0 unspecified atom stereocenters. The number of urea groups is 1. The van der Waals surface area contributed by atoms with Gasteiger partial charge in [0.05, 0.1) is 0 Å². The molecule has 3 rings (SSSR count). The Bertz CT molecular complexity index is 435. The number of nitrogens with zero attached hydrogens (tertiary/aromatic N) is 3. The number of hydrogen-bond acceptors (Lipinski definition) is 4. The van der Waals surface area contributed by atoms with E-state index in [1.54, 1.807) is 0 Å². The highest BCUT2D eigenvalue weighted by Crippen LogP contribution is 2.37. The minimum absolute atomic E-state index is 0.0109. The van der Waals surface area contributed by atoms with Crippen LogP contribution in [0.4, 0.5) is 9.93 Å². The topological polar surface area (TPSA) is 58.1 Å². The van der Waals surface area contributed by atoms with Crippen molar-refractivity contribution >= 4 is 22.7 Å². The summed E-state index contributed by atoms with van der Waals surface area (Å²) in [5, 5.41) is 3.48.